The zero-order valence-electron chi connectivity index (χ0n) is 15.1. The van der Waals surface area contributed by atoms with Crippen molar-refractivity contribution in [1.29, 1.82) is 0 Å². The minimum absolute atomic E-state index is 0.105. The maximum atomic E-state index is 11.8. The molecule has 0 saturated heterocycles. The van der Waals surface area contributed by atoms with Crippen LogP contribution in [0.1, 0.15) is 56.5 Å². The number of ether oxygens (including phenoxy) is 1. The number of aliphatic hydroxyl groups excluding tert-OH is 1. The standard InChI is InChI=1S/C19H29NO4/c1-5-6-16(22)9-15-7-8-19(18(10-15)14(4)21)24-12-17(23)11-20-13(2)3/h7-8,10,13,17,20,23H,5-6,9,11-12H2,1-4H3. The third kappa shape index (κ3) is 7.23. The molecule has 0 radical (unpaired) electrons. The summed E-state index contributed by atoms with van der Waals surface area (Å²) >= 11 is 0. The zero-order valence-corrected chi connectivity index (χ0v) is 15.1. The van der Waals surface area contributed by atoms with E-state index in [0.29, 0.717) is 30.7 Å². The van der Waals surface area contributed by atoms with Crippen molar-refractivity contribution >= 4 is 11.6 Å². The molecule has 1 unspecified atom stereocenters. The molecule has 0 aliphatic carbocycles. The summed E-state index contributed by atoms with van der Waals surface area (Å²) in [5.41, 5.74) is 1.26. The first-order valence-corrected chi connectivity index (χ1v) is 8.53. The summed E-state index contributed by atoms with van der Waals surface area (Å²) in [7, 11) is 0. The van der Waals surface area contributed by atoms with Crippen molar-refractivity contribution in [3.05, 3.63) is 29.3 Å². The molecule has 1 aromatic carbocycles. The van der Waals surface area contributed by atoms with Crippen molar-refractivity contribution in [3.63, 3.8) is 0 Å². The Hall–Kier alpha value is -1.72. The van der Waals surface area contributed by atoms with Crippen molar-refractivity contribution < 1.29 is 19.4 Å². The van der Waals surface area contributed by atoms with E-state index in [-0.39, 0.29) is 24.2 Å². The van der Waals surface area contributed by atoms with Gasteiger partial charge in [0.2, 0.25) is 0 Å². The average molecular weight is 335 g/mol. The molecule has 0 aromatic heterocycles. The lowest BCUT2D eigenvalue weighted by molar-refractivity contribution is -0.118. The Balaban J connectivity index is 2.73. The molecule has 2 N–H and O–H groups in total. The van der Waals surface area contributed by atoms with Crippen LogP contribution < -0.4 is 10.1 Å². The highest BCUT2D eigenvalue weighted by Gasteiger charge is 2.13. The number of aliphatic hydroxyl groups is 1. The van der Waals surface area contributed by atoms with Crippen molar-refractivity contribution in [1.82, 2.24) is 5.32 Å². The average Bonchev–Trinajstić information content (AvgIpc) is 2.51. The fourth-order valence-corrected chi connectivity index (χ4v) is 2.30. The van der Waals surface area contributed by atoms with Gasteiger partial charge in [-0.15, -0.1) is 0 Å². The lowest BCUT2D eigenvalue weighted by atomic mass is 10.0. The molecule has 0 spiro atoms. The SMILES string of the molecule is CCCC(=O)Cc1ccc(OCC(O)CNC(C)C)c(C(C)=O)c1. The number of hydrogen-bond acceptors (Lipinski definition) is 5. The molecule has 0 aliphatic heterocycles. The van der Waals surface area contributed by atoms with Gasteiger partial charge in [0.15, 0.2) is 5.78 Å². The largest absolute Gasteiger partial charge is 0.490 e. The van der Waals surface area contributed by atoms with Crippen LogP contribution in [0.3, 0.4) is 0 Å². The van der Waals surface area contributed by atoms with Gasteiger partial charge in [0.05, 0.1) is 5.56 Å². The van der Waals surface area contributed by atoms with Gasteiger partial charge in [-0.05, 0) is 31.0 Å². The van der Waals surface area contributed by atoms with Crippen molar-refractivity contribution in [2.45, 2.75) is 59.1 Å². The van der Waals surface area contributed by atoms with Gasteiger partial charge in [0.1, 0.15) is 24.2 Å². The number of carbonyl (C=O) groups is 2. The van der Waals surface area contributed by atoms with E-state index in [1.165, 1.54) is 6.92 Å². The number of benzene rings is 1. The number of nitrogens with one attached hydrogen (secondary N) is 1. The van der Waals surface area contributed by atoms with Crippen LogP contribution >= 0.6 is 0 Å². The molecular weight excluding hydrogens is 306 g/mol. The normalized spacial score (nSPS) is 12.2. The smallest absolute Gasteiger partial charge is 0.163 e. The summed E-state index contributed by atoms with van der Waals surface area (Å²) in [5, 5.41) is 13.0. The molecule has 0 aliphatic rings. The third-order valence-electron chi connectivity index (χ3n) is 3.55. The number of carbonyl (C=O) groups excluding carboxylic acids is 2. The van der Waals surface area contributed by atoms with Crippen LogP contribution in [0.25, 0.3) is 0 Å². The molecule has 134 valence electrons. The molecule has 0 heterocycles. The summed E-state index contributed by atoms with van der Waals surface area (Å²) < 4.78 is 5.60. The quantitative estimate of drug-likeness (QED) is 0.608. The number of Topliss-reactive ketones (excluding diaryl/α,β-unsaturated/α-hetero) is 2. The first kappa shape index (κ1) is 20.3. The Kier molecular flexibility index (Phi) is 8.65. The van der Waals surface area contributed by atoms with Crippen LogP contribution in [0.2, 0.25) is 0 Å². The maximum absolute atomic E-state index is 11.8. The Morgan fingerprint density at radius 2 is 2.00 bits per heavy atom. The van der Waals surface area contributed by atoms with Crippen LogP contribution in [0.5, 0.6) is 5.75 Å². The summed E-state index contributed by atoms with van der Waals surface area (Å²) in [6.07, 6.45) is 1.04. The highest BCUT2D eigenvalue weighted by molar-refractivity contribution is 5.97. The second-order valence-electron chi connectivity index (χ2n) is 6.38. The summed E-state index contributed by atoms with van der Waals surface area (Å²) in [6, 6.07) is 5.50. The second kappa shape index (κ2) is 10.2. The number of rotatable bonds is 11. The van der Waals surface area contributed by atoms with E-state index < -0.39 is 6.10 Å². The Labute approximate surface area is 144 Å². The monoisotopic (exact) mass is 335 g/mol. The van der Waals surface area contributed by atoms with Crippen LogP contribution in [0, 0.1) is 0 Å². The Morgan fingerprint density at radius 1 is 1.29 bits per heavy atom. The maximum Gasteiger partial charge on any atom is 0.163 e. The molecule has 1 aromatic rings. The Bertz CT molecular complexity index is 554. The fraction of sp³-hybridized carbons (Fsp3) is 0.579. The lowest BCUT2D eigenvalue weighted by Crippen LogP contribution is -2.35. The summed E-state index contributed by atoms with van der Waals surface area (Å²) in [4.78, 5) is 23.6. The predicted octanol–water partition coefficient (Wildman–Crippen LogP) is 2.54. The lowest BCUT2D eigenvalue weighted by Gasteiger charge is -2.16. The van der Waals surface area contributed by atoms with Crippen LogP contribution in [-0.2, 0) is 11.2 Å². The molecule has 5 heteroatoms. The molecule has 0 saturated carbocycles. The first-order valence-electron chi connectivity index (χ1n) is 8.53. The number of hydrogen-bond donors (Lipinski definition) is 2. The van der Waals surface area contributed by atoms with E-state index in [2.05, 4.69) is 5.32 Å². The van der Waals surface area contributed by atoms with Gasteiger partial charge in [-0.1, -0.05) is 26.8 Å². The fourth-order valence-electron chi connectivity index (χ4n) is 2.30. The molecule has 1 rings (SSSR count). The van der Waals surface area contributed by atoms with Gasteiger partial charge in [-0.25, -0.2) is 0 Å². The van der Waals surface area contributed by atoms with Crippen LogP contribution in [0.4, 0.5) is 0 Å². The summed E-state index contributed by atoms with van der Waals surface area (Å²) in [6.45, 7) is 7.97. The van der Waals surface area contributed by atoms with Crippen molar-refractivity contribution in [2.24, 2.45) is 0 Å². The molecular formula is C19H29NO4. The summed E-state index contributed by atoms with van der Waals surface area (Å²) in [5.74, 6) is 0.484. The van der Waals surface area contributed by atoms with Crippen LogP contribution in [0.15, 0.2) is 18.2 Å². The highest BCUT2D eigenvalue weighted by Crippen LogP contribution is 2.22. The van der Waals surface area contributed by atoms with E-state index in [1.807, 2.05) is 20.8 Å². The molecule has 24 heavy (non-hydrogen) atoms. The molecule has 1 atom stereocenters. The highest BCUT2D eigenvalue weighted by atomic mass is 16.5. The van der Waals surface area contributed by atoms with E-state index >= 15 is 0 Å². The second-order valence-corrected chi connectivity index (χ2v) is 6.38. The minimum atomic E-state index is -0.655. The van der Waals surface area contributed by atoms with Gasteiger partial charge in [-0.2, -0.15) is 0 Å². The van der Waals surface area contributed by atoms with Gasteiger partial charge >= 0.3 is 0 Å². The third-order valence-corrected chi connectivity index (χ3v) is 3.55. The van der Waals surface area contributed by atoms with Gasteiger partial charge in [-0.3, -0.25) is 9.59 Å². The molecule has 0 amide bonds. The first-order chi connectivity index (χ1) is 11.3. The zero-order chi connectivity index (χ0) is 18.1. The number of ketones is 2. The van der Waals surface area contributed by atoms with Crippen LogP contribution in [-0.4, -0.2) is 42.0 Å². The molecule has 5 nitrogen and oxygen atoms in total. The van der Waals surface area contributed by atoms with Gasteiger partial charge < -0.3 is 15.2 Å². The van der Waals surface area contributed by atoms with E-state index in [4.69, 9.17) is 4.74 Å². The molecule has 0 bridgehead atoms. The molecule has 0 fully saturated rings. The van der Waals surface area contributed by atoms with Gasteiger partial charge in [0.25, 0.3) is 0 Å². The van der Waals surface area contributed by atoms with E-state index in [1.54, 1.807) is 18.2 Å². The van der Waals surface area contributed by atoms with E-state index in [9.17, 15) is 14.7 Å². The topological polar surface area (TPSA) is 75.6 Å². The van der Waals surface area contributed by atoms with Crippen molar-refractivity contribution in [3.8, 4) is 5.75 Å². The van der Waals surface area contributed by atoms with Crippen molar-refractivity contribution in [2.75, 3.05) is 13.2 Å². The van der Waals surface area contributed by atoms with Gasteiger partial charge in [0, 0.05) is 25.4 Å². The Morgan fingerprint density at radius 3 is 2.58 bits per heavy atom. The minimum Gasteiger partial charge on any atom is -0.490 e. The predicted molar refractivity (Wildman–Crippen MR) is 94.7 cm³/mol. The van der Waals surface area contributed by atoms with E-state index in [0.717, 1.165) is 12.0 Å².